The van der Waals surface area contributed by atoms with Crippen LogP contribution in [-0.4, -0.2) is 18.9 Å². The van der Waals surface area contributed by atoms with Crippen LogP contribution in [0.1, 0.15) is 16.8 Å². The van der Waals surface area contributed by atoms with Crippen LogP contribution in [0.15, 0.2) is 18.2 Å². The molecule has 0 aliphatic rings. The quantitative estimate of drug-likeness (QED) is 0.454. The minimum absolute atomic E-state index is 0.0606. The number of rotatable bonds is 3. The highest BCUT2D eigenvalue weighted by Crippen LogP contribution is 2.15. The van der Waals surface area contributed by atoms with Gasteiger partial charge >= 0.3 is 5.97 Å². The highest BCUT2D eigenvalue weighted by Gasteiger charge is 2.13. The lowest BCUT2D eigenvalue weighted by atomic mass is 10.1. The molecule has 0 bridgehead atoms. The Morgan fingerprint density at radius 1 is 1.40 bits per heavy atom. The molecule has 0 saturated heterocycles. The summed E-state index contributed by atoms with van der Waals surface area (Å²) in [5, 5.41) is 0.114. The van der Waals surface area contributed by atoms with Gasteiger partial charge in [-0.25, -0.2) is 4.39 Å². The van der Waals surface area contributed by atoms with Crippen LogP contribution < -0.4 is 0 Å². The second-order valence-corrected chi connectivity index (χ2v) is 3.27. The first-order valence-electron chi connectivity index (χ1n) is 4.09. The smallest absolute Gasteiger partial charge is 0.313 e. The topological polar surface area (TPSA) is 43.4 Å². The van der Waals surface area contributed by atoms with E-state index >= 15 is 0 Å². The molecule has 0 saturated carbocycles. The van der Waals surface area contributed by atoms with E-state index in [2.05, 4.69) is 4.74 Å². The fraction of sp³-hybridized carbons (Fsp3) is 0.200. The Hall–Kier alpha value is -1.42. The van der Waals surface area contributed by atoms with E-state index in [4.69, 9.17) is 11.6 Å². The third kappa shape index (κ3) is 3.32. The molecule has 0 radical (unpaired) electrons. The largest absolute Gasteiger partial charge is 0.469 e. The van der Waals surface area contributed by atoms with Crippen molar-refractivity contribution >= 4 is 23.4 Å². The van der Waals surface area contributed by atoms with Gasteiger partial charge in [-0.1, -0.05) is 11.6 Å². The minimum atomic E-state index is -0.666. The average Bonchev–Trinajstić information content (AvgIpc) is 2.16. The molecule has 1 aromatic rings. The molecule has 1 aromatic carbocycles. The molecule has 15 heavy (non-hydrogen) atoms. The van der Waals surface area contributed by atoms with Gasteiger partial charge in [-0.2, -0.15) is 0 Å². The highest BCUT2D eigenvalue weighted by molar-refractivity contribution is 6.31. The lowest BCUT2D eigenvalue weighted by Crippen LogP contribution is -2.09. The van der Waals surface area contributed by atoms with Crippen LogP contribution >= 0.6 is 11.6 Å². The van der Waals surface area contributed by atoms with Crippen molar-refractivity contribution in [1.82, 2.24) is 0 Å². The molecule has 0 unspecified atom stereocenters. The second-order valence-electron chi connectivity index (χ2n) is 2.83. The molecule has 0 aliphatic heterocycles. The van der Waals surface area contributed by atoms with Gasteiger partial charge in [-0.05, 0) is 18.2 Å². The number of carbonyl (C=O) groups excluding carboxylic acids is 2. The molecule has 1 rings (SSSR count). The molecule has 0 amide bonds. The van der Waals surface area contributed by atoms with Crippen molar-refractivity contribution in [3.8, 4) is 0 Å². The Bertz CT molecular complexity index is 383. The molecule has 3 nitrogen and oxygen atoms in total. The maximum atomic E-state index is 12.9. The Morgan fingerprint density at radius 2 is 2.07 bits per heavy atom. The van der Waals surface area contributed by atoms with Crippen LogP contribution in [0.25, 0.3) is 0 Å². The van der Waals surface area contributed by atoms with Crippen molar-refractivity contribution < 1.29 is 18.7 Å². The lowest BCUT2D eigenvalue weighted by molar-refractivity contribution is -0.139. The molecular weight excluding hydrogens is 223 g/mol. The first-order valence-corrected chi connectivity index (χ1v) is 4.47. The third-order valence-electron chi connectivity index (χ3n) is 1.72. The Balaban J connectivity index is 2.86. The van der Waals surface area contributed by atoms with Gasteiger partial charge in [-0.3, -0.25) is 9.59 Å². The van der Waals surface area contributed by atoms with E-state index in [-0.39, 0.29) is 10.6 Å². The third-order valence-corrected chi connectivity index (χ3v) is 1.94. The number of hydrogen-bond donors (Lipinski definition) is 0. The standard InChI is InChI=1S/C10H8ClFO3/c1-15-10(14)5-9(13)6-2-7(11)4-8(12)3-6/h2-4H,5H2,1H3. The highest BCUT2D eigenvalue weighted by atomic mass is 35.5. The number of ketones is 1. The number of ether oxygens (including phenoxy) is 1. The van der Waals surface area contributed by atoms with Crippen LogP contribution in [0.5, 0.6) is 0 Å². The van der Waals surface area contributed by atoms with Crippen molar-refractivity contribution in [2.75, 3.05) is 7.11 Å². The number of halogens is 2. The molecule has 5 heteroatoms. The molecule has 80 valence electrons. The summed E-state index contributed by atoms with van der Waals surface area (Å²) in [6.45, 7) is 0. The van der Waals surface area contributed by atoms with E-state index in [9.17, 15) is 14.0 Å². The molecule has 0 aliphatic carbocycles. The van der Waals surface area contributed by atoms with Crippen molar-refractivity contribution in [1.29, 1.82) is 0 Å². The first kappa shape index (κ1) is 11.7. The second kappa shape index (κ2) is 4.89. The molecule has 0 spiro atoms. The molecular formula is C10H8ClFO3. The Labute approximate surface area is 90.8 Å². The van der Waals surface area contributed by atoms with Gasteiger partial charge in [0.1, 0.15) is 12.2 Å². The zero-order valence-corrected chi connectivity index (χ0v) is 8.68. The zero-order valence-electron chi connectivity index (χ0n) is 7.92. The summed E-state index contributed by atoms with van der Waals surface area (Å²) < 4.78 is 17.2. The summed E-state index contributed by atoms with van der Waals surface area (Å²) in [4.78, 5) is 22.2. The number of carbonyl (C=O) groups is 2. The maximum absolute atomic E-state index is 12.9. The van der Waals surface area contributed by atoms with Crippen LogP contribution in [-0.2, 0) is 9.53 Å². The summed E-state index contributed by atoms with van der Waals surface area (Å²) in [7, 11) is 1.17. The number of Topliss-reactive ketones (excluding diaryl/α,β-unsaturated/α-hetero) is 1. The fourth-order valence-electron chi connectivity index (χ4n) is 1.02. The van der Waals surface area contributed by atoms with Crippen molar-refractivity contribution in [3.05, 3.63) is 34.6 Å². The van der Waals surface area contributed by atoms with Crippen LogP contribution in [0, 0.1) is 5.82 Å². The normalized spacial score (nSPS) is 9.80. The average molecular weight is 231 g/mol. The van der Waals surface area contributed by atoms with E-state index in [1.54, 1.807) is 0 Å². The van der Waals surface area contributed by atoms with Gasteiger partial charge < -0.3 is 4.74 Å². The van der Waals surface area contributed by atoms with E-state index in [1.165, 1.54) is 13.2 Å². The van der Waals surface area contributed by atoms with Crippen molar-refractivity contribution in [2.45, 2.75) is 6.42 Å². The van der Waals surface area contributed by atoms with Gasteiger partial charge in [-0.15, -0.1) is 0 Å². The monoisotopic (exact) mass is 230 g/mol. The van der Waals surface area contributed by atoms with Gasteiger partial charge in [0.05, 0.1) is 7.11 Å². The van der Waals surface area contributed by atoms with Crippen LogP contribution in [0.4, 0.5) is 4.39 Å². The fourth-order valence-corrected chi connectivity index (χ4v) is 1.24. The van der Waals surface area contributed by atoms with E-state index in [0.717, 1.165) is 12.1 Å². The number of hydrogen-bond acceptors (Lipinski definition) is 3. The number of methoxy groups -OCH3 is 1. The summed E-state index contributed by atoms with van der Waals surface area (Å²) >= 11 is 5.56. The van der Waals surface area contributed by atoms with Crippen molar-refractivity contribution in [2.24, 2.45) is 0 Å². The Morgan fingerprint density at radius 3 is 2.60 bits per heavy atom. The van der Waals surface area contributed by atoms with Crippen LogP contribution in [0.2, 0.25) is 5.02 Å². The number of benzene rings is 1. The van der Waals surface area contributed by atoms with Crippen molar-refractivity contribution in [3.63, 3.8) is 0 Å². The predicted molar refractivity (Wildman–Crippen MR) is 52.4 cm³/mol. The first-order chi connectivity index (χ1) is 7.02. The summed E-state index contributed by atoms with van der Waals surface area (Å²) in [5.41, 5.74) is 0.0606. The Kier molecular flexibility index (Phi) is 3.80. The van der Waals surface area contributed by atoms with Gasteiger partial charge in [0.15, 0.2) is 5.78 Å². The maximum Gasteiger partial charge on any atom is 0.313 e. The number of esters is 1. The molecule has 0 N–H and O–H groups in total. The molecule has 0 heterocycles. The zero-order chi connectivity index (χ0) is 11.4. The van der Waals surface area contributed by atoms with Gasteiger partial charge in [0, 0.05) is 10.6 Å². The van der Waals surface area contributed by atoms with Gasteiger partial charge in [0.2, 0.25) is 0 Å². The van der Waals surface area contributed by atoms with E-state index < -0.39 is 24.0 Å². The summed E-state index contributed by atoms with van der Waals surface area (Å²) in [6, 6.07) is 3.41. The van der Waals surface area contributed by atoms with E-state index in [0.29, 0.717) is 0 Å². The van der Waals surface area contributed by atoms with E-state index in [1.807, 2.05) is 0 Å². The minimum Gasteiger partial charge on any atom is -0.469 e. The summed E-state index contributed by atoms with van der Waals surface area (Å²) in [6.07, 6.45) is -0.420. The van der Waals surface area contributed by atoms with Crippen LogP contribution in [0.3, 0.4) is 0 Å². The summed E-state index contributed by atoms with van der Waals surface area (Å²) in [5.74, 6) is -1.81. The molecule has 0 atom stereocenters. The lowest BCUT2D eigenvalue weighted by Gasteiger charge is -2.01. The molecule has 0 aromatic heterocycles. The molecule has 0 fully saturated rings. The SMILES string of the molecule is COC(=O)CC(=O)c1cc(F)cc(Cl)c1. The van der Waals surface area contributed by atoms with Gasteiger partial charge in [0.25, 0.3) is 0 Å². The predicted octanol–water partition coefficient (Wildman–Crippen LogP) is 2.22.